The second-order valence-electron chi connectivity index (χ2n) is 5.90. The van der Waals surface area contributed by atoms with Crippen molar-refractivity contribution >= 4 is 12.3 Å². The van der Waals surface area contributed by atoms with Crippen molar-refractivity contribution in [3.63, 3.8) is 0 Å². The minimum Gasteiger partial charge on any atom is -0.493 e. The minimum absolute atomic E-state index is 0.258. The molecule has 3 rings (SSSR count). The van der Waals surface area contributed by atoms with Gasteiger partial charge in [-0.2, -0.15) is 0 Å². The summed E-state index contributed by atoms with van der Waals surface area (Å²) in [6.45, 7) is 2.08. The number of carbonyl (C=O) groups is 2. The molecule has 0 aliphatic heterocycles. The molecule has 1 heterocycles. The average Bonchev–Trinajstić information content (AvgIpc) is 2.74. The van der Waals surface area contributed by atoms with Gasteiger partial charge in [0.2, 0.25) is 0 Å². The number of carbonyl (C=O) groups excluding carboxylic acids is 2. The lowest BCUT2D eigenvalue weighted by atomic mass is 10.1. The highest BCUT2D eigenvalue weighted by Crippen LogP contribution is 2.28. The van der Waals surface area contributed by atoms with Gasteiger partial charge < -0.3 is 9.47 Å². The number of aryl methyl sites for hydroxylation is 1. The number of rotatable bonds is 6. The van der Waals surface area contributed by atoms with E-state index in [0.717, 1.165) is 17.7 Å². The van der Waals surface area contributed by atoms with Crippen molar-refractivity contribution in [2.24, 2.45) is 0 Å². The molecule has 0 unspecified atom stereocenters. The maximum atomic E-state index is 12.4. The van der Waals surface area contributed by atoms with Crippen LogP contribution < -0.4 is 9.47 Å². The van der Waals surface area contributed by atoms with Gasteiger partial charge in [-0.1, -0.05) is 25.1 Å². The molecule has 5 nitrogen and oxygen atoms in total. The number of pyridine rings is 1. The minimum atomic E-state index is -0.506. The topological polar surface area (TPSA) is 65.5 Å². The van der Waals surface area contributed by atoms with Gasteiger partial charge in [-0.05, 0) is 48.4 Å². The molecule has 0 aliphatic carbocycles. The van der Waals surface area contributed by atoms with Gasteiger partial charge in [-0.3, -0.25) is 9.78 Å². The molecule has 2 aromatic carbocycles. The first-order valence-electron chi connectivity index (χ1n) is 8.55. The van der Waals surface area contributed by atoms with Crippen molar-refractivity contribution in [1.82, 2.24) is 4.98 Å². The van der Waals surface area contributed by atoms with Crippen LogP contribution in [0.2, 0.25) is 0 Å². The molecule has 27 heavy (non-hydrogen) atoms. The molecule has 0 N–H and O–H groups in total. The first kappa shape index (κ1) is 18.3. The summed E-state index contributed by atoms with van der Waals surface area (Å²) < 4.78 is 10.6. The van der Waals surface area contributed by atoms with Gasteiger partial charge in [0.1, 0.15) is 6.29 Å². The Balaban J connectivity index is 1.76. The van der Waals surface area contributed by atoms with Crippen LogP contribution in [0.4, 0.5) is 0 Å². The Morgan fingerprint density at radius 3 is 2.41 bits per heavy atom. The third-order valence-corrected chi connectivity index (χ3v) is 4.18. The molecule has 5 heteroatoms. The molecular formula is C22H19NO4. The van der Waals surface area contributed by atoms with Crippen molar-refractivity contribution in [2.45, 2.75) is 13.3 Å². The zero-order chi connectivity index (χ0) is 19.2. The summed E-state index contributed by atoms with van der Waals surface area (Å²) in [5.74, 6) is 0.0757. The molecule has 0 amide bonds. The number of methoxy groups -OCH3 is 1. The molecule has 136 valence electrons. The Labute approximate surface area is 157 Å². The van der Waals surface area contributed by atoms with E-state index in [1.54, 1.807) is 18.2 Å². The van der Waals surface area contributed by atoms with Crippen LogP contribution in [0.15, 0.2) is 60.8 Å². The van der Waals surface area contributed by atoms with Gasteiger partial charge in [-0.25, -0.2) is 4.79 Å². The number of aldehydes is 1. The van der Waals surface area contributed by atoms with Crippen LogP contribution in [0.5, 0.6) is 11.5 Å². The molecule has 0 radical (unpaired) electrons. The number of benzene rings is 2. The van der Waals surface area contributed by atoms with E-state index in [0.29, 0.717) is 23.2 Å². The number of ether oxygens (including phenoxy) is 2. The average molecular weight is 361 g/mol. The normalized spacial score (nSPS) is 10.3. The van der Waals surface area contributed by atoms with E-state index in [1.165, 1.54) is 24.8 Å². The Morgan fingerprint density at radius 1 is 1.04 bits per heavy atom. The highest BCUT2D eigenvalue weighted by molar-refractivity contribution is 5.92. The SMILES string of the molecule is CCc1ccc(-c2ccc(C(=O)Oc3ccc(C=O)cc3OC)cc2)nc1. The van der Waals surface area contributed by atoms with Gasteiger partial charge >= 0.3 is 5.97 Å². The maximum Gasteiger partial charge on any atom is 0.343 e. The zero-order valence-electron chi connectivity index (χ0n) is 15.1. The van der Waals surface area contributed by atoms with E-state index >= 15 is 0 Å². The summed E-state index contributed by atoms with van der Waals surface area (Å²) in [7, 11) is 1.45. The predicted octanol–water partition coefficient (Wildman–Crippen LogP) is 4.35. The molecule has 0 bridgehead atoms. The largest absolute Gasteiger partial charge is 0.493 e. The van der Waals surface area contributed by atoms with Crippen molar-refractivity contribution in [3.05, 3.63) is 77.5 Å². The third-order valence-electron chi connectivity index (χ3n) is 4.18. The molecule has 0 spiro atoms. The first-order valence-corrected chi connectivity index (χ1v) is 8.55. The van der Waals surface area contributed by atoms with Crippen molar-refractivity contribution in [2.75, 3.05) is 7.11 Å². The van der Waals surface area contributed by atoms with Crippen LogP contribution in [0, 0.1) is 0 Å². The molecule has 0 atom stereocenters. The standard InChI is InChI=1S/C22H19NO4/c1-3-15-4-10-19(23-13-15)17-6-8-18(9-7-17)22(25)27-20-11-5-16(14-24)12-21(20)26-2/h4-14H,3H2,1-2H3. The molecule has 0 fully saturated rings. The van der Waals surface area contributed by atoms with Crippen molar-refractivity contribution in [1.29, 1.82) is 0 Å². The lowest BCUT2D eigenvalue weighted by Gasteiger charge is -2.10. The fourth-order valence-electron chi connectivity index (χ4n) is 2.58. The van der Waals surface area contributed by atoms with E-state index in [-0.39, 0.29) is 5.75 Å². The summed E-state index contributed by atoms with van der Waals surface area (Å²) in [5.41, 5.74) is 3.79. The Morgan fingerprint density at radius 2 is 1.81 bits per heavy atom. The number of hydrogen-bond donors (Lipinski definition) is 0. The van der Waals surface area contributed by atoms with Crippen LogP contribution in [-0.4, -0.2) is 24.3 Å². The molecule has 1 aromatic heterocycles. The fraction of sp³-hybridized carbons (Fsp3) is 0.136. The van der Waals surface area contributed by atoms with Gasteiger partial charge in [0, 0.05) is 17.3 Å². The van der Waals surface area contributed by atoms with Crippen LogP contribution >= 0.6 is 0 Å². The van der Waals surface area contributed by atoms with E-state index in [2.05, 4.69) is 11.9 Å². The van der Waals surface area contributed by atoms with E-state index in [9.17, 15) is 9.59 Å². The van der Waals surface area contributed by atoms with Crippen LogP contribution in [0.25, 0.3) is 11.3 Å². The Kier molecular flexibility index (Phi) is 5.61. The monoisotopic (exact) mass is 361 g/mol. The van der Waals surface area contributed by atoms with Gasteiger partial charge in [0.05, 0.1) is 18.4 Å². The highest BCUT2D eigenvalue weighted by Gasteiger charge is 2.13. The van der Waals surface area contributed by atoms with Gasteiger partial charge in [0.25, 0.3) is 0 Å². The predicted molar refractivity (Wildman–Crippen MR) is 102 cm³/mol. The van der Waals surface area contributed by atoms with Crippen molar-refractivity contribution < 1.29 is 19.1 Å². The fourth-order valence-corrected chi connectivity index (χ4v) is 2.58. The molecule has 0 aliphatic rings. The molecule has 0 saturated carbocycles. The third kappa shape index (κ3) is 4.20. The summed E-state index contributed by atoms with van der Waals surface area (Å²) in [6, 6.07) is 15.7. The number of esters is 1. The smallest absolute Gasteiger partial charge is 0.343 e. The summed E-state index contributed by atoms with van der Waals surface area (Å²) >= 11 is 0. The summed E-state index contributed by atoms with van der Waals surface area (Å²) in [5, 5.41) is 0. The zero-order valence-corrected chi connectivity index (χ0v) is 15.1. The second kappa shape index (κ2) is 8.27. The first-order chi connectivity index (χ1) is 13.1. The van der Waals surface area contributed by atoms with E-state index in [4.69, 9.17) is 9.47 Å². The van der Waals surface area contributed by atoms with E-state index < -0.39 is 5.97 Å². The molecular weight excluding hydrogens is 342 g/mol. The lowest BCUT2D eigenvalue weighted by molar-refractivity contribution is 0.0729. The van der Waals surface area contributed by atoms with Crippen LogP contribution in [0.3, 0.4) is 0 Å². The lowest BCUT2D eigenvalue weighted by Crippen LogP contribution is -2.09. The van der Waals surface area contributed by atoms with Crippen molar-refractivity contribution in [3.8, 4) is 22.8 Å². The molecule has 3 aromatic rings. The Bertz CT molecular complexity index is 947. The number of aromatic nitrogens is 1. The quantitative estimate of drug-likeness (QED) is 0.371. The Hall–Kier alpha value is -3.47. The number of nitrogens with zero attached hydrogens (tertiary/aromatic N) is 1. The number of hydrogen-bond acceptors (Lipinski definition) is 5. The highest BCUT2D eigenvalue weighted by atomic mass is 16.6. The molecule has 0 saturated heterocycles. The van der Waals surface area contributed by atoms with Crippen LogP contribution in [0.1, 0.15) is 33.2 Å². The van der Waals surface area contributed by atoms with E-state index in [1.807, 2.05) is 30.5 Å². The van der Waals surface area contributed by atoms with Gasteiger partial charge in [0.15, 0.2) is 11.5 Å². The maximum absolute atomic E-state index is 12.4. The van der Waals surface area contributed by atoms with Crippen LogP contribution in [-0.2, 0) is 6.42 Å². The summed E-state index contributed by atoms with van der Waals surface area (Å²) in [4.78, 5) is 27.7. The summed E-state index contributed by atoms with van der Waals surface area (Å²) in [6.07, 6.45) is 3.50. The second-order valence-corrected chi connectivity index (χ2v) is 5.90. The van der Waals surface area contributed by atoms with Gasteiger partial charge in [-0.15, -0.1) is 0 Å².